The Hall–Kier alpha value is -2.30. The van der Waals surface area contributed by atoms with Crippen LogP contribution >= 0.6 is 0 Å². The van der Waals surface area contributed by atoms with Gasteiger partial charge < -0.3 is 14.6 Å². The number of rotatable bonds is 3. The van der Waals surface area contributed by atoms with Gasteiger partial charge in [0.25, 0.3) is 5.91 Å². The molecule has 5 heteroatoms. The highest BCUT2D eigenvalue weighted by molar-refractivity contribution is 6.06. The number of amides is 1. The van der Waals surface area contributed by atoms with Gasteiger partial charge in [0.15, 0.2) is 5.82 Å². The molecule has 0 atom stereocenters. The number of aryl methyl sites for hydroxylation is 3. The molecule has 1 heterocycles. The minimum Gasteiger partial charge on any atom is -0.496 e. The molecule has 1 N–H and O–H groups in total. The van der Waals surface area contributed by atoms with Crippen molar-refractivity contribution in [2.24, 2.45) is 0 Å². The number of nitrogens with one attached hydrogen (secondary N) is 1. The molecule has 0 unspecified atom stereocenters. The Morgan fingerprint density at radius 1 is 1.26 bits per heavy atom. The predicted molar refractivity (Wildman–Crippen MR) is 71.7 cm³/mol. The Morgan fingerprint density at radius 3 is 2.58 bits per heavy atom. The molecule has 1 amide bonds. The van der Waals surface area contributed by atoms with Crippen LogP contribution < -0.4 is 10.1 Å². The maximum atomic E-state index is 12.3. The second-order valence-electron chi connectivity index (χ2n) is 4.44. The van der Waals surface area contributed by atoms with Crippen molar-refractivity contribution in [1.29, 1.82) is 0 Å². The lowest BCUT2D eigenvalue weighted by atomic mass is 10.0. The number of anilines is 1. The Morgan fingerprint density at radius 2 is 2.00 bits per heavy atom. The third-order valence-corrected chi connectivity index (χ3v) is 2.76. The summed E-state index contributed by atoms with van der Waals surface area (Å²) < 4.78 is 10.2. The maximum Gasteiger partial charge on any atom is 0.260 e. The standard InChI is InChI=1S/C14H16N2O3/c1-8-5-9(2)13(11(6-8)18-4)14(17)15-12-7-10(3)19-16-12/h5-7H,1-4H3,(H,15,16,17). The molecule has 0 fully saturated rings. The molecule has 0 aliphatic rings. The highest BCUT2D eigenvalue weighted by atomic mass is 16.5. The highest BCUT2D eigenvalue weighted by Gasteiger charge is 2.17. The lowest BCUT2D eigenvalue weighted by Gasteiger charge is -2.11. The number of nitrogens with zero attached hydrogens (tertiary/aromatic N) is 1. The van der Waals surface area contributed by atoms with Gasteiger partial charge in [0.05, 0.1) is 12.7 Å². The van der Waals surface area contributed by atoms with Gasteiger partial charge in [0.1, 0.15) is 11.5 Å². The molecule has 1 aromatic carbocycles. The van der Waals surface area contributed by atoms with E-state index in [1.54, 1.807) is 20.1 Å². The molecule has 0 bridgehead atoms. The summed E-state index contributed by atoms with van der Waals surface area (Å²) in [7, 11) is 1.55. The van der Waals surface area contributed by atoms with E-state index in [-0.39, 0.29) is 5.91 Å². The van der Waals surface area contributed by atoms with Gasteiger partial charge in [-0.25, -0.2) is 0 Å². The summed E-state index contributed by atoms with van der Waals surface area (Å²) >= 11 is 0. The first kappa shape index (κ1) is 13.1. The normalized spacial score (nSPS) is 10.3. The van der Waals surface area contributed by atoms with Gasteiger partial charge in [-0.05, 0) is 38.0 Å². The van der Waals surface area contributed by atoms with Crippen molar-refractivity contribution in [1.82, 2.24) is 5.16 Å². The number of carbonyl (C=O) groups is 1. The molecule has 0 aliphatic carbocycles. The Kier molecular flexibility index (Phi) is 3.55. The van der Waals surface area contributed by atoms with Gasteiger partial charge in [-0.2, -0.15) is 0 Å². The molecule has 100 valence electrons. The summed E-state index contributed by atoms with van der Waals surface area (Å²) in [5, 5.41) is 6.43. The summed E-state index contributed by atoms with van der Waals surface area (Å²) in [5.74, 6) is 1.32. The third-order valence-electron chi connectivity index (χ3n) is 2.76. The first-order chi connectivity index (χ1) is 9.01. The minimum atomic E-state index is -0.261. The fourth-order valence-corrected chi connectivity index (χ4v) is 1.98. The van der Waals surface area contributed by atoms with E-state index < -0.39 is 0 Å². The van der Waals surface area contributed by atoms with E-state index in [1.807, 2.05) is 26.0 Å². The summed E-state index contributed by atoms with van der Waals surface area (Å²) in [5.41, 5.74) is 2.41. The summed E-state index contributed by atoms with van der Waals surface area (Å²) in [4.78, 5) is 12.3. The average molecular weight is 260 g/mol. The van der Waals surface area contributed by atoms with Crippen LogP contribution in [0.5, 0.6) is 5.75 Å². The maximum absolute atomic E-state index is 12.3. The van der Waals surface area contributed by atoms with E-state index in [4.69, 9.17) is 9.26 Å². The Bertz CT molecular complexity index is 617. The zero-order chi connectivity index (χ0) is 14.0. The lowest BCUT2D eigenvalue weighted by molar-refractivity contribution is 0.102. The number of methoxy groups -OCH3 is 1. The van der Waals surface area contributed by atoms with Crippen molar-refractivity contribution in [3.63, 3.8) is 0 Å². The Labute approximate surface area is 111 Å². The summed E-state index contributed by atoms with van der Waals surface area (Å²) in [6.07, 6.45) is 0. The van der Waals surface area contributed by atoms with Gasteiger partial charge in [-0.3, -0.25) is 4.79 Å². The zero-order valence-corrected chi connectivity index (χ0v) is 11.4. The molecular weight excluding hydrogens is 244 g/mol. The topological polar surface area (TPSA) is 64.4 Å². The summed E-state index contributed by atoms with van der Waals surface area (Å²) in [6.45, 7) is 5.59. The quantitative estimate of drug-likeness (QED) is 0.921. The van der Waals surface area contributed by atoms with Gasteiger partial charge >= 0.3 is 0 Å². The molecule has 0 saturated carbocycles. The molecule has 0 spiro atoms. The molecule has 5 nitrogen and oxygen atoms in total. The smallest absolute Gasteiger partial charge is 0.260 e. The number of carbonyl (C=O) groups excluding carboxylic acids is 1. The van der Waals surface area contributed by atoms with Crippen LogP contribution in [0.4, 0.5) is 5.82 Å². The minimum absolute atomic E-state index is 0.261. The molecule has 2 aromatic rings. The molecule has 0 aliphatic heterocycles. The van der Waals surface area contributed by atoms with Crippen LogP contribution in [-0.4, -0.2) is 18.2 Å². The number of hydrogen-bond acceptors (Lipinski definition) is 4. The van der Waals surface area contributed by atoms with Gasteiger partial charge in [0, 0.05) is 6.07 Å². The molecule has 2 rings (SSSR count). The van der Waals surface area contributed by atoms with Gasteiger partial charge in [-0.15, -0.1) is 0 Å². The van der Waals surface area contributed by atoms with Crippen molar-refractivity contribution in [2.75, 3.05) is 12.4 Å². The SMILES string of the molecule is COc1cc(C)cc(C)c1C(=O)Nc1cc(C)on1. The number of hydrogen-bond donors (Lipinski definition) is 1. The lowest BCUT2D eigenvalue weighted by Crippen LogP contribution is -2.15. The van der Waals surface area contributed by atoms with E-state index in [9.17, 15) is 4.79 Å². The zero-order valence-electron chi connectivity index (χ0n) is 11.4. The van der Waals surface area contributed by atoms with Crippen molar-refractivity contribution in [3.8, 4) is 5.75 Å². The fourth-order valence-electron chi connectivity index (χ4n) is 1.98. The van der Waals surface area contributed by atoms with E-state index in [0.717, 1.165) is 11.1 Å². The second kappa shape index (κ2) is 5.14. The third kappa shape index (κ3) is 2.76. The number of aromatic nitrogens is 1. The van der Waals surface area contributed by atoms with Crippen molar-refractivity contribution >= 4 is 11.7 Å². The van der Waals surface area contributed by atoms with Crippen LogP contribution in [-0.2, 0) is 0 Å². The number of benzene rings is 1. The second-order valence-corrected chi connectivity index (χ2v) is 4.44. The Balaban J connectivity index is 2.33. The molecule has 1 aromatic heterocycles. The van der Waals surface area contributed by atoms with Crippen LogP contribution in [0.3, 0.4) is 0 Å². The molecule has 0 radical (unpaired) electrons. The first-order valence-electron chi connectivity index (χ1n) is 5.91. The van der Waals surface area contributed by atoms with Crippen LogP contribution in [0.1, 0.15) is 27.2 Å². The van der Waals surface area contributed by atoms with Crippen molar-refractivity contribution in [3.05, 3.63) is 40.6 Å². The number of ether oxygens (including phenoxy) is 1. The van der Waals surface area contributed by atoms with Crippen LogP contribution in [0.15, 0.2) is 22.7 Å². The van der Waals surface area contributed by atoms with Crippen LogP contribution in [0.25, 0.3) is 0 Å². The molecule has 0 saturated heterocycles. The average Bonchev–Trinajstić information content (AvgIpc) is 2.73. The van der Waals surface area contributed by atoms with Crippen molar-refractivity contribution < 1.29 is 14.1 Å². The van der Waals surface area contributed by atoms with Crippen LogP contribution in [0, 0.1) is 20.8 Å². The van der Waals surface area contributed by atoms with E-state index in [0.29, 0.717) is 22.9 Å². The molecule has 19 heavy (non-hydrogen) atoms. The van der Waals surface area contributed by atoms with E-state index >= 15 is 0 Å². The predicted octanol–water partition coefficient (Wildman–Crippen LogP) is 2.86. The highest BCUT2D eigenvalue weighted by Crippen LogP contribution is 2.25. The largest absolute Gasteiger partial charge is 0.496 e. The van der Waals surface area contributed by atoms with Crippen molar-refractivity contribution in [2.45, 2.75) is 20.8 Å². The van der Waals surface area contributed by atoms with Gasteiger partial charge in [-0.1, -0.05) is 11.2 Å². The monoisotopic (exact) mass is 260 g/mol. The van der Waals surface area contributed by atoms with Gasteiger partial charge in [0.2, 0.25) is 0 Å². The van der Waals surface area contributed by atoms with E-state index in [2.05, 4.69) is 10.5 Å². The fraction of sp³-hybridized carbons (Fsp3) is 0.286. The van der Waals surface area contributed by atoms with E-state index in [1.165, 1.54) is 0 Å². The first-order valence-corrected chi connectivity index (χ1v) is 5.91. The molecular formula is C14H16N2O3. The summed E-state index contributed by atoms with van der Waals surface area (Å²) in [6, 6.07) is 5.43. The van der Waals surface area contributed by atoms with Crippen LogP contribution in [0.2, 0.25) is 0 Å².